The number of para-hydroxylation sites is 1. The number of fused-ring (bicyclic) bond motifs is 1. The van der Waals surface area contributed by atoms with E-state index in [0.717, 1.165) is 31.0 Å². The molecule has 1 N–H and O–H groups in total. The van der Waals surface area contributed by atoms with Crippen molar-refractivity contribution in [3.8, 4) is 0 Å². The molecule has 0 fully saturated rings. The fourth-order valence-corrected chi connectivity index (χ4v) is 4.24. The summed E-state index contributed by atoms with van der Waals surface area (Å²) < 4.78 is 0. The van der Waals surface area contributed by atoms with Crippen molar-refractivity contribution in [2.45, 2.75) is 43.3 Å². The first-order chi connectivity index (χ1) is 12.6. The van der Waals surface area contributed by atoms with Crippen molar-refractivity contribution in [3.05, 3.63) is 59.7 Å². The molecule has 138 valence electrons. The van der Waals surface area contributed by atoms with Crippen LogP contribution in [0.2, 0.25) is 0 Å². The molecule has 1 aliphatic heterocycles. The highest BCUT2D eigenvalue weighted by molar-refractivity contribution is 8.00. The number of benzene rings is 2. The number of carbonyl (C=O) groups is 1. The Hall–Kier alpha value is -1.94. The third-order valence-corrected chi connectivity index (χ3v) is 5.93. The van der Waals surface area contributed by atoms with Crippen LogP contribution in [-0.2, 0) is 11.2 Å². The monoisotopic (exact) mass is 368 g/mol. The molecule has 1 amide bonds. The Morgan fingerprint density at radius 1 is 1.19 bits per heavy atom. The highest BCUT2D eigenvalue weighted by Crippen LogP contribution is 2.26. The lowest BCUT2D eigenvalue weighted by molar-refractivity contribution is -0.120. The van der Waals surface area contributed by atoms with Gasteiger partial charge in [0.05, 0.1) is 5.25 Å². The Kier molecular flexibility index (Phi) is 6.62. The molecule has 3 nitrogen and oxygen atoms in total. The predicted octanol–water partition coefficient (Wildman–Crippen LogP) is 4.43. The summed E-state index contributed by atoms with van der Waals surface area (Å²) in [6.07, 6.45) is 3.37. The van der Waals surface area contributed by atoms with Gasteiger partial charge in [0.2, 0.25) is 5.91 Å². The summed E-state index contributed by atoms with van der Waals surface area (Å²) in [4.78, 5) is 15.9. The molecule has 0 radical (unpaired) electrons. The minimum Gasteiger partial charge on any atom is -0.371 e. The van der Waals surface area contributed by atoms with Crippen LogP contribution in [0.15, 0.2) is 53.4 Å². The van der Waals surface area contributed by atoms with E-state index in [0.29, 0.717) is 0 Å². The van der Waals surface area contributed by atoms with Crippen molar-refractivity contribution in [3.63, 3.8) is 0 Å². The average Bonchev–Trinajstić information content (AvgIpc) is 2.67. The predicted molar refractivity (Wildman–Crippen MR) is 111 cm³/mol. The molecule has 0 aliphatic carbocycles. The molecule has 26 heavy (non-hydrogen) atoms. The van der Waals surface area contributed by atoms with Crippen LogP contribution in [0.3, 0.4) is 0 Å². The smallest absolute Gasteiger partial charge is 0.233 e. The molecule has 4 heteroatoms. The van der Waals surface area contributed by atoms with Gasteiger partial charge in [0.25, 0.3) is 0 Å². The summed E-state index contributed by atoms with van der Waals surface area (Å²) in [5, 5.41) is 3.02. The lowest BCUT2D eigenvalue weighted by atomic mass is 10.0. The molecule has 1 aliphatic rings. The number of aryl methyl sites for hydroxylation is 2. The normalized spacial score (nSPS) is 14.6. The maximum atomic E-state index is 12.3. The molecular weight excluding hydrogens is 340 g/mol. The van der Waals surface area contributed by atoms with E-state index >= 15 is 0 Å². The minimum absolute atomic E-state index is 0.0755. The summed E-state index contributed by atoms with van der Waals surface area (Å²) in [6, 6.07) is 17.0. The number of nitrogens with one attached hydrogen (secondary N) is 1. The number of rotatable bonds is 7. The van der Waals surface area contributed by atoms with Crippen LogP contribution in [0, 0.1) is 6.92 Å². The van der Waals surface area contributed by atoms with Crippen LogP contribution in [0.5, 0.6) is 0 Å². The highest BCUT2D eigenvalue weighted by Gasteiger charge is 2.16. The molecule has 2 aromatic rings. The van der Waals surface area contributed by atoms with Crippen molar-refractivity contribution < 1.29 is 4.79 Å². The van der Waals surface area contributed by atoms with Crippen molar-refractivity contribution in [2.24, 2.45) is 0 Å². The quantitative estimate of drug-likeness (QED) is 0.579. The Morgan fingerprint density at radius 2 is 1.96 bits per heavy atom. The van der Waals surface area contributed by atoms with Crippen LogP contribution < -0.4 is 10.2 Å². The Bertz CT molecular complexity index is 729. The van der Waals surface area contributed by atoms with Crippen LogP contribution in [0.4, 0.5) is 5.69 Å². The van der Waals surface area contributed by atoms with Gasteiger partial charge in [-0.1, -0.05) is 35.9 Å². The number of nitrogens with zero attached hydrogens (tertiary/aromatic N) is 1. The number of amides is 1. The molecule has 0 saturated heterocycles. The average molecular weight is 369 g/mol. The second-order valence-corrected chi connectivity index (χ2v) is 8.35. The van der Waals surface area contributed by atoms with Crippen LogP contribution >= 0.6 is 11.8 Å². The SMILES string of the molecule is Cc1ccc(S[C@@H](C)C(=O)NCCCN2CCCc3ccccc32)cc1. The van der Waals surface area contributed by atoms with E-state index in [2.05, 4.69) is 65.7 Å². The van der Waals surface area contributed by atoms with E-state index in [-0.39, 0.29) is 11.2 Å². The topological polar surface area (TPSA) is 32.3 Å². The first kappa shape index (κ1) is 18.8. The largest absolute Gasteiger partial charge is 0.371 e. The van der Waals surface area contributed by atoms with Crippen molar-refractivity contribution in [2.75, 3.05) is 24.5 Å². The maximum Gasteiger partial charge on any atom is 0.233 e. The van der Waals surface area contributed by atoms with Crippen LogP contribution in [0.1, 0.15) is 30.9 Å². The van der Waals surface area contributed by atoms with Gasteiger partial charge in [0, 0.05) is 30.2 Å². The molecule has 0 aromatic heterocycles. The molecule has 1 atom stereocenters. The Morgan fingerprint density at radius 3 is 2.77 bits per heavy atom. The summed E-state index contributed by atoms with van der Waals surface area (Å²) in [5.74, 6) is 0.120. The standard InChI is InChI=1S/C22H28N2OS/c1-17-10-12-20(13-11-17)26-18(2)22(25)23-14-6-16-24-15-5-8-19-7-3-4-9-21(19)24/h3-4,7,9-13,18H,5-6,8,14-16H2,1-2H3,(H,23,25)/t18-/m0/s1. The molecule has 2 aromatic carbocycles. The molecule has 1 heterocycles. The zero-order chi connectivity index (χ0) is 18.4. The summed E-state index contributed by atoms with van der Waals surface area (Å²) in [7, 11) is 0. The van der Waals surface area contributed by atoms with E-state index in [1.54, 1.807) is 11.8 Å². The zero-order valence-corrected chi connectivity index (χ0v) is 16.5. The van der Waals surface area contributed by atoms with Gasteiger partial charge in [0.15, 0.2) is 0 Å². The minimum atomic E-state index is -0.0755. The molecule has 0 unspecified atom stereocenters. The van der Waals surface area contributed by atoms with Gasteiger partial charge in [-0.05, 0) is 56.9 Å². The lowest BCUT2D eigenvalue weighted by Gasteiger charge is -2.31. The van der Waals surface area contributed by atoms with Gasteiger partial charge in [-0.15, -0.1) is 11.8 Å². The summed E-state index contributed by atoms with van der Waals surface area (Å²) in [5.41, 5.74) is 4.06. The van der Waals surface area contributed by atoms with E-state index in [1.807, 2.05) is 6.92 Å². The molecular formula is C22H28N2OS. The van der Waals surface area contributed by atoms with E-state index in [9.17, 15) is 4.79 Å². The lowest BCUT2D eigenvalue weighted by Crippen LogP contribution is -2.35. The van der Waals surface area contributed by atoms with E-state index < -0.39 is 0 Å². The first-order valence-electron chi connectivity index (χ1n) is 9.47. The number of hydrogen-bond donors (Lipinski definition) is 1. The fraction of sp³-hybridized carbons (Fsp3) is 0.409. The number of carbonyl (C=O) groups excluding carboxylic acids is 1. The third-order valence-electron chi connectivity index (χ3n) is 4.81. The summed E-state index contributed by atoms with van der Waals surface area (Å²) >= 11 is 1.61. The Balaban J connectivity index is 1.41. The van der Waals surface area contributed by atoms with Gasteiger partial charge >= 0.3 is 0 Å². The third kappa shape index (κ3) is 5.04. The van der Waals surface area contributed by atoms with Crippen molar-refractivity contribution >= 4 is 23.4 Å². The van der Waals surface area contributed by atoms with Gasteiger partial charge < -0.3 is 10.2 Å². The molecule has 0 spiro atoms. The van der Waals surface area contributed by atoms with Crippen molar-refractivity contribution in [1.29, 1.82) is 0 Å². The number of thioether (sulfide) groups is 1. The van der Waals surface area contributed by atoms with Crippen LogP contribution in [-0.4, -0.2) is 30.8 Å². The molecule has 3 rings (SSSR count). The van der Waals surface area contributed by atoms with Gasteiger partial charge in [-0.3, -0.25) is 4.79 Å². The van der Waals surface area contributed by atoms with Gasteiger partial charge in [-0.25, -0.2) is 0 Å². The molecule has 0 bridgehead atoms. The number of anilines is 1. The van der Waals surface area contributed by atoms with Crippen LogP contribution in [0.25, 0.3) is 0 Å². The Labute approximate surface area is 161 Å². The second kappa shape index (κ2) is 9.13. The van der Waals surface area contributed by atoms with E-state index in [1.165, 1.54) is 29.7 Å². The fourth-order valence-electron chi connectivity index (χ4n) is 3.34. The number of hydrogen-bond acceptors (Lipinski definition) is 3. The first-order valence-corrected chi connectivity index (χ1v) is 10.4. The molecule has 0 saturated carbocycles. The van der Waals surface area contributed by atoms with Crippen molar-refractivity contribution in [1.82, 2.24) is 5.32 Å². The zero-order valence-electron chi connectivity index (χ0n) is 15.7. The van der Waals surface area contributed by atoms with E-state index in [4.69, 9.17) is 0 Å². The maximum absolute atomic E-state index is 12.3. The summed E-state index contributed by atoms with van der Waals surface area (Å²) in [6.45, 7) is 6.89. The van der Waals surface area contributed by atoms with Gasteiger partial charge in [-0.2, -0.15) is 0 Å². The highest BCUT2D eigenvalue weighted by atomic mass is 32.2. The van der Waals surface area contributed by atoms with Gasteiger partial charge in [0.1, 0.15) is 0 Å². The second-order valence-electron chi connectivity index (χ2n) is 6.94.